The van der Waals surface area contributed by atoms with E-state index in [1.54, 1.807) is 19.9 Å². The van der Waals surface area contributed by atoms with Crippen LogP contribution < -0.4 is 0 Å². The van der Waals surface area contributed by atoms with E-state index in [-0.39, 0.29) is 61.9 Å². The number of hydrogen-bond donors (Lipinski definition) is 4. The third-order valence-electron chi connectivity index (χ3n) is 12.2. The number of carbonyl (C=O) groups excluding carboxylic acids is 4. The largest absolute Gasteiger partial charge is 0.460 e. The van der Waals surface area contributed by atoms with Gasteiger partial charge in [0.1, 0.15) is 17.9 Å². The minimum Gasteiger partial charge on any atom is -0.460 e. The van der Waals surface area contributed by atoms with E-state index >= 15 is 0 Å². The first kappa shape index (κ1) is 43.0. The van der Waals surface area contributed by atoms with Crippen molar-refractivity contribution in [1.82, 2.24) is 4.90 Å². The lowest BCUT2D eigenvalue weighted by molar-refractivity contribution is -0.265. The summed E-state index contributed by atoms with van der Waals surface area (Å²) in [6.45, 7) is 9.41. The van der Waals surface area contributed by atoms with Crippen molar-refractivity contribution in [2.24, 2.45) is 29.6 Å². The molecule has 0 aromatic carbocycles. The molecule has 0 spiro atoms. The van der Waals surface area contributed by atoms with Crippen molar-refractivity contribution >= 4 is 23.4 Å². The van der Waals surface area contributed by atoms with Gasteiger partial charge >= 0.3 is 5.97 Å². The Morgan fingerprint density at radius 1 is 0.868 bits per heavy atom. The molecular weight excluding hydrogens is 678 g/mol. The molecule has 4 aliphatic rings. The fourth-order valence-corrected chi connectivity index (χ4v) is 8.51. The molecule has 2 bridgehead atoms. The van der Waals surface area contributed by atoms with E-state index < -0.39 is 59.8 Å². The van der Waals surface area contributed by atoms with E-state index in [1.807, 2.05) is 45.1 Å². The molecular formula is C42H65NO10. The smallest absolute Gasteiger partial charge is 0.329 e. The Kier molecular flexibility index (Phi) is 16.0. The lowest BCUT2D eigenvalue weighted by Crippen LogP contribution is -2.61. The number of carbonyl (C=O) groups is 4. The fraction of sp³-hybridized carbons (Fsp3) is 0.762. The number of Topliss-reactive ketones (excluding diaryl/α,β-unsaturated/α-hetero) is 2. The first-order valence-corrected chi connectivity index (χ1v) is 20.1. The molecule has 0 aromatic heterocycles. The predicted molar refractivity (Wildman–Crippen MR) is 200 cm³/mol. The van der Waals surface area contributed by atoms with E-state index in [4.69, 9.17) is 9.47 Å². The third-order valence-corrected chi connectivity index (χ3v) is 12.2. The Hall–Kier alpha value is -2.70. The van der Waals surface area contributed by atoms with Gasteiger partial charge in [0, 0.05) is 37.6 Å². The number of ether oxygens (including phenoxy) is 2. The molecule has 1 amide bonds. The number of fused-ring (bicyclic) bond motifs is 3. The van der Waals surface area contributed by atoms with Gasteiger partial charge in [-0.3, -0.25) is 14.4 Å². The molecule has 11 heteroatoms. The highest BCUT2D eigenvalue weighted by atomic mass is 16.6. The number of piperidine rings is 1. The molecule has 4 rings (SSSR count). The summed E-state index contributed by atoms with van der Waals surface area (Å²) >= 11 is 0. The molecule has 4 N–H and O–H groups in total. The van der Waals surface area contributed by atoms with Gasteiger partial charge in [0.15, 0.2) is 0 Å². The van der Waals surface area contributed by atoms with Crippen molar-refractivity contribution in [1.29, 1.82) is 0 Å². The monoisotopic (exact) mass is 743 g/mol. The minimum absolute atomic E-state index is 0.0475. The van der Waals surface area contributed by atoms with Crippen molar-refractivity contribution in [2.75, 3.05) is 6.54 Å². The summed E-state index contributed by atoms with van der Waals surface area (Å²) in [7, 11) is 0. The van der Waals surface area contributed by atoms with E-state index in [0.717, 1.165) is 12.8 Å². The van der Waals surface area contributed by atoms with Crippen molar-refractivity contribution in [3.8, 4) is 0 Å². The molecule has 0 radical (unpaired) electrons. The van der Waals surface area contributed by atoms with Crippen molar-refractivity contribution < 1.29 is 49.1 Å². The Morgan fingerprint density at radius 3 is 2.30 bits per heavy atom. The van der Waals surface area contributed by atoms with Gasteiger partial charge in [0.2, 0.25) is 5.79 Å². The normalized spacial score (nSPS) is 40.8. The van der Waals surface area contributed by atoms with Gasteiger partial charge in [0.25, 0.3) is 11.7 Å². The quantitative estimate of drug-likeness (QED) is 0.225. The Labute approximate surface area is 315 Å². The lowest BCUT2D eigenvalue weighted by atomic mass is 9.79. The zero-order chi connectivity index (χ0) is 38.9. The summed E-state index contributed by atoms with van der Waals surface area (Å²) in [5, 5.41) is 43.9. The van der Waals surface area contributed by atoms with Gasteiger partial charge in [-0.1, -0.05) is 58.1 Å². The van der Waals surface area contributed by atoms with E-state index in [0.29, 0.717) is 62.9 Å². The first-order chi connectivity index (χ1) is 25.1. The molecule has 3 fully saturated rings. The number of aliphatic hydroxyl groups excluding tert-OH is 3. The van der Waals surface area contributed by atoms with Gasteiger partial charge in [-0.15, -0.1) is 0 Å². The second-order valence-corrected chi connectivity index (χ2v) is 16.7. The van der Waals surface area contributed by atoms with Crippen LogP contribution in [-0.4, -0.2) is 97.7 Å². The highest BCUT2D eigenvalue weighted by Gasteiger charge is 2.53. The lowest BCUT2D eigenvalue weighted by Gasteiger charge is -2.42. The zero-order valence-electron chi connectivity index (χ0n) is 32.5. The minimum atomic E-state index is -2.42. The molecule has 0 aromatic rings. The number of rotatable bonds is 3. The van der Waals surface area contributed by atoms with Gasteiger partial charge in [-0.25, -0.2) is 4.79 Å². The van der Waals surface area contributed by atoms with Gasteiger partial charge < -0.3 is 34.8 Å². The number of esters is 1. The number of ketones is 2. The highest BCUT2D eigenvalue weighted by molar-refractivity contribution is 6.39. The van der Waals surface area contributed by atoms with Crippen LogP contribution in [-0.2, 0) is 28.7 Å². The number of hydrogen-bond acceptors (Lipinski definition) is 10. The zero-order valence-corrected chi connectivity index (χ0v) is 32.5. The average molecular weight is 744 g/mol. The summed E-state index contributed by atoms with van der Waals surface area (Å²) in [6, 6.07) is -1.07. The van der Waals surface area contributed by atoms with E-state index in [9.17, 15) is 39.6 Å². The van der Waals surface area contributed by atoms with Gasteiger partial charge in [-0.05, 0) is 101 Å². The molecule has 1 aliphatic carbocycles. The molecule has 3 aliphatic heterocycles. The van der Waals surface area contributed by atoms with Crippen LogP contribution in [0.2, 0.25) is 0 Å². The summed E-state index contributed by atoms with van der Waals surface area (Å²) in [4.78, 5) is 56.3. The SMILES string of the molecule is C\C1=C/C=C/C=C/[C@@H](C)C[C@@H](C)C(=O)C[C@H](O)CC([C@H](C)CC2CCC(O)CC2)OC(=O)[C@@H]2CCCCN2C(=O)C(=O)[C@]2(O)O[C@@H](CC[C@H]2C)C[C@@H]1O. The molecule has 11 nitrogen and oxygen atoms in total. The Morgan fingerprint density at radius 2 is 1.58 bits per heavy atom. The maximum absolute atomic E-state index is 14.0. The van der Waals surface area contributed by atoms with Crippen LogP contribution >= 0.6 is 0 Å². The summed E-state index contributed by atoms with van der Waals surface area (Å²) in [5.41, 5.74) is 0.666. The third kappa shape index (κ3) is 11.9. The number of cyclic esters (lactones) is 1. The Balaban J connectivity index is 1.62. The number of amides is 1. The van der Waals surface area contributed by atoms with Crippen LogP contribution in [0.3, 0.4) is 0 Å². The standard InChI is InChI=1S/C42H65NO10/c1-26-11-7-6-8-12-27(2)37(47)25-34-19-14-30(5)42(51,53-34)39(48)40(49)43-20-10-9-13-35(43)41(50)52-38(24-33(45)23-36(46)28(3)21-26)29(4)22-31-15-17-32(44)18-16-31/h6-8,11-12,26,28-35,37-38,44-45,47,51H,9-10,13-25H2,1-5H3/b8-6+,11-7+,27-12+/t26-,28-,29-,30-,31?,32?,33+,34+,35+,37+,38?,42-/m1/s1. The molecule has 10 atom stereocenters. The molecule has 298 valence electrons. The van der Waals surface area contributed by atoms with Crippen molar-refractivity contribution in [2.45, 2.75) is 167 Å². The molecule has 2 saturated heterocycles. The van der Waals surface area contributed by atoms with Crippen molar-refractivity contribution in [3.63, 3.8) is 0 Å². The fourth-order valence-electron chi connectivity index (χ4n) is 8.51. The molecule has 1 saturated carbocycles. The van der Waals surface area contributed by atoms with E-state index in [1.165, 1.54) is 4.90 Å². The Bertz CT molecular complexity index is 1350. The maximum Gasteiger partial charge on any atom is 0.329 e. The van der Waals surface area contributed by atoms with Gasteiger partial charge in [0.05, 0.1) is 24.4 Å². The predicted octanol–water partition coefficient (Wildman–Crippen LogP) is 5.13. The van der Waals surface area contributed by atoms with Crippen LogP contribution in [0.25, 0.3) is 0 Å². The molecule has 1 unspecified atom stereocenters. The van der Waals surface area contributed by atoms with Gasteiger partial charge in [-0.2, -0.15) is 0 Å². The summed E-state index contributed by atoms with van der Waals surface area (Å²) in [5.74, 6) is -6.10. The highest BCUT2D eigenvalue weighted by Crippen LogP contribution is 2.37. The first-order valence-electron chi connectivity index (χ1n) is 20.1. The second-order valence-electron chi connectivity index (χ2n) is 16.7. The van der Waals surface area contributed by atoms with E-state index in [2.05, 4.69) is 0 Å². The van der Waals surface area contributed by atoms with Crippen LogP contribution in [0.4, 0.5) is 0 Å². The van der Waals surface area contributed by atoms with Crippen LogP contribution in [0.1, 0.15) is 125 Å². The summed E-state index contributed by atoms with van der Waals surface area (Å²) < 4.78 is 12.1. The number of allylic oxidation sites excluding steroid dienone is 5. The second kappa shape index (κ2) is 19.8. The molecule has 53 heavy (non-hydrogen) atoms. The average Bonchev–Trinajstić information content (AvgIpc) is 3.12. The van der Waals surface area contributed by atoms with Crippen LogP contribution in [0, 0.1) is 29.6 Å². The maximum atomic E-state index is 14.0. The topological polar surface area (TPSA) is 171 Å². The van der Waals surface area contributed by atoms with Crippen molar-refractivity contribution in [3.05, 3.63) is 36.0 Å². The number of aliphatic hydroxyl groups is 4. The molecule has 3 heterocycles. The van der Waals surface area contributed by atoms with Crippen LogP contribution in [0.15, 0.2) is 36.0 Å². The number of nitrogens with zero attached hydrogens (tertiary/aromatic N) is 1. The van der Waals surface area contributed by atoms with Crippen LogP contribution in [0.5, 0.6) is 0 Å². The summed E-state index contributed by atoms with van der Waals surface area (Å²) in [6.07, 6.45) is 12.5.